The van der Waals surface area contributed by atoms with Gasteiger partial charge in [-0.25, -0.2) is 0 Å². The van der Waals surface area contributed by atoms with Crippen LogP contribution in [0.3, 0.4) is 0 Å². The Labute approximate surface area is 116 Å². The Kier molecular flexibility index (Phi) is 3.21. The third-order valence-electron chi connectivity index (χ3n) is 5.37. The molecule has 0 amide bonds. The molecule has 0 aliphatic carbocycles. The topological polar surface area (TPSA) is 48.1 Å². The van der Waals surface area contributed by atoms with Crippen LogP contribution in [0.1, 0.15) is 25.7 Å². The average Bonchev–Trinajstić information content (AvgIpc) is 2.74. The fraction of sp³-hybridized carbons (Fsp3) is 0.929. The molecule has 0 aromatic rings. The summed E-state index contributed by atoms with van der Waals surface area (Å²) in [5, 5.41) is 0. The lowest BCUT2D eigenvalue weighted by atomic mass is 9.82. The van der Waals surface area contributed by atoms with Crippen LogP contribution in [-0.2, 0) is 0 Å². The maximum Gasteiger partial charge on any atom is 0.191 e. The van der Waals surface area contributed by atoms with Crippen molar-refractivity contribution in [1.82, 2.24) is 14.7 Å². The summed E-state index contributed by atoms with van der Waals surface area (Å²) in [6.07, 6.45) is 5.17. The standard InChI is InChI=1S/C14H27N5/c1-17(2)6-7-19-13(15)16-10-14(19)8-11-4-5-12(9-14)18(11)3/h11-12H,4-10H2,1-3H3,(H2,15,16). The molecule has 0 aromatic carbocycles. The van der Waals surface area contributed by atoms with Crippen LogP contribution in [0.5, 0.6) is 0 Å². The van der Waals surface area contributed by atoms with Crippen molar-refractivity contribution in [2.24, 2.45) is 10.7 Å². The lowest BCUT2D eigenvalue weighted by Crippen LogP contribution is -2.60. The van der Waals surface area contributed by atoms with Crippen molar-refractivity contribution in [3.05, 3.63) is 0 Å². The van der Waals surface area contributed by atoms with Gasteiger partial charge in [-0.2, -0.15) is 0 Å². The molecule has 0 aromatic heterocycles. The van der Waals surface area contributed by atoms with Gasteiger partial charge in [0.2, 0.25) is 0 Å². The van der Waals surface area contributed by atoms with Gasteiger partial charge in [-0.1, -0.05) is 0 Å². The molecule has 3 rings (SSSR count). The molecule has 19 heavy (non-hydrogen) atoms. The summed E-state index contributed by atoms with van der Waals surface area (Å²) in [7, 11) is 6.53. The van der Waals surface area contributed by atoms with Crippen molar-refractivity contribution >= 4 is 5.96 Å². The second-order valence-electron chi connectivity index (χ2n) is 6.81. The molecule has 3 aliphatic heterocycles. The lowest BCUT2D eigenvalue weighted by molar-refractivity contribution is 0.0476. The van der Waals surface area contributed by atoms with E-state index in [4.69, 9.17) is 5.73 Å². The van der Waals surface area contributed by atoms with Crippen molar-refractivity contribution < 1.29 is 0 Å². The zero-order valence-corrected chi connectivity index (χ0v) is 12.5. The third-order valence-corrected chi connectivity index (χ3v) is 5.37. The van der Waals surface area contributed by atoms with E-state index >= 15 is 0 Å². The molecule has 3 aliphatic rings. The lowest BCUT2D eigenvalue weighted by Gasteiger charge is -2.48. The number of rotatable bonds is 3. The maximum absolute atomic E-state index is 6.16. The zero-order chi connectivity index (χ0) is 13.6. The first-order valence-corrected chi connectivity index (χ1v) is 7.46. The Morgan fingerprint density at radius 2 is 1.95 bits per heavy atom. The smallest absolute Gasteiger partial charge is 0.191 e. The van der Waals surface area contributed by atoms with Crippen LogP contribution in [0, 0.1) is 0 Å². The van der Waals surface area contributed by atoms with Gasteiger partial charge in [-0.3, -0.25) is 4.99 Å². The van der Waals surface area contributed by atoms with E-state index in [0.29, 0.717) is 0 Å². The van der Waals surface area contributed by atoms with Crippen molar-refractivity contribution in [2.75, 3.05) is 40.8 Å². The number of hydrogen-bond donors (Lipinski definition) is 1. The van der Waals surface area contributed by atoms with E-state index in [-0.39, 0.29) is 5.54 Å². The van der Waals surface area contributed by atoms with Crippen molar-refractivity contribution in [3.63, 3.8) is 0 Å². The summed E-state index contributed by atoms with van der Waals surface area (Å²) in [6, 6.07) is 1.48. The van der Waals surface area contributed by atoms with Gasteiger partial charge in [0.25, 0.3) is 0 Å². The number of fused-ring (bicyclic) bond motifs is 2. The number of piperidine rings is 1. The minimum Gasteiger partial charge on any atom is -0.370 e. The SMILES string of the molecule is CN(C)CCN1C(N)=NCC12CC1CCC(C2)N1C. The van der Waals surface area contributed by atoms with Crippen LogP contribution >= 0.6 is 0 Å². The van der Waals surface area contributed by atoms with E-state index in [1.807, 2.05) is 0 Å². The molecule has 0 saturated carbocycles. The molecule has 3 heterocycles. The number of hydrogen-bond acceptors (Lipinski definition) is 5. The Morgan fingerprint density at radius 3 is 2.53 bits per heavy atom. The zero-order valence-electron chi connectivity index (χ0n) is 12.5. The second-order valence-corrected chi connectivity index (χ2v) is 6.81. The number of aliphatic imine (C=N–C) groups is 1. The van der Waals surface area contributed by atoms with Crippen LogP contribution in [0.15, 0.2) is 4.99 Å². The molecule has 5 heteroatoms. The van der Waals surface area contributed by atoms with Gasteiger partial charge in [0.05, 0.1) is 12.1 Å². The summed E-state index contributed by atoms with van der Waals surface area (Å²) < 4.78 is 0. The van der Waals surface area contributed by atoms with E-state index in [9.17, 15) is 0 Å². The predicted octanol–water partition coefficient (Wildman–Crippen LogP) is 0.174. The van der Waals surface area contributed by atoms with Gasteiger partial charge in [-0.05, 0) is 46.8 Å². The van der Waals surface area contributed by atoms with E-state index < -0.39 is 0 Å². The van der Waals surface area contributed by atoms with Crippen LogP contribution in [-0.4, -0.2) is 79.1 Å². The van der Waals surface area contributed by atoms with Gasteiger partial charge >= 0.3 is 0 Å². The molecule has 108 valence electrons. The quantitative estimate of drug-likeness (QED) is 0.790. The number of guanidine groups is 1. The highest BCUT2D eigenvalue weighted by molar-refractivity contribution is 5.81. The van der Waals surface area contributed by atoms with Gasteiger partial charge in [0.15, 0.2) is 5.96 Å². The largest absolute Gasteiger partial charge is 0.370 e. The van der Waals surface area contributed by atoms with E-state index in [1.54, 1.807) is 0 Å². The molecule has 2 saturated heterocycles. The van der Waals surface area contributed by atoms with E-state index in [0.717, 1.165) is 37.7 Å². The van der Waals surface area contributed by atoms with Crippen molar-refractivity contribution in [3.8, 4) is 0 Å². The molecule has 1 spiro atoms. The molecule has 2 bridgehead atoms. The number of nitrogens with zero attached hydrogens (tertiary/aromatic N) is 4. The minimum absolute atomic E-state index is 0.221. The Balaban J connectivity index is 1.76. The second kappa shape index (κ2) is 4.63. The van der Waals surface area contributed by atoms with Crippen molar-refractivity contribution in [2.45, 2.75) is 43.3 Å². The highest BCUT2D eigenvalue weighted by Crippen LogP contribution is 2.44. The summed E-state index contributed by atoms with van der Waals surface area (Å²) in [5.41, 5.74) is 6.38. The average molecular weight is 265 g/mol. The summed E-state index contributed by atoms with van der Waals surface area (Å²) >= 11 is 0. The highest BCUT2D eigenvalue weighted by Gasteiger charge is 2.52. The molecule has 2 unspecified atom stereocenters. The van der Waals surface area contributed by atoms with Crippen LogP contribution in [0.2, 0.25) is 0 Å². The monoisotopic (exact) mass is 265 g/mol. The first kappa shape index (κ1) is 13.2. The fourth-order valence-corrected chi connectivity index (χ4v) is 4.19. The first-order valence-electron chi connectivity index (χ1n) is 7.46. The molecule has 0 radical (unpaired) electrons. The van der Waals surface area contributed by atoms with Gasteiger partial charge < -0.3 is 20.4 Å². The Bertz CT molecular complexity index is 364. The van der Waals surface area contributed by atoms with Crippen LogP contribution in [0.25, 0.3) is 0 Å². The van der Waals surface area contributed by atoms with E-state index in [2.05, 4.69) is 40.8 Å². The molecule has 2 atom stereocenters. The van der Waals surface area contributed by atoms with Crippen LogP contribution in [0.4, 0.5) is 0 Å². The van der Waals surface area contributed by atoms with Crippen molar-refractivity contribution in [1.29, 1.82) is 0 Å². The number of likely N-dealkylation sites (N-methyl/N-ethyl adjacent to an activating group) is 1. The van der Waals surface area contributed by atoms with Gasteiger partial charge in [0, 0.05) is 25.2 Å². The Morgan fingerprint density at radius 1 is 1.32 bits per heavy atom. The molecule has 2 N–H and O–H groups in total. The third kappa shape index (κ3) is 2.13. The summed E-state index contributed by atoms with van der Waals surface area (Å²) in [5.74, 6) is 0.769. The van der Waals surface area contributed by atoms with Gasteiger partial charge in [0.1, 0.15) is 0 Å². The normalized spacial score (nSPS) is 38.5. The molecular formula is C14H27N5. The molecule has 2 fully saturated rings. The van der Waals surface area contributed by atoms with Gasteiger partial charge in [-0.15, -0.1) is 0 Å². The molecule has 5 nitrogen and oxygen atoms in total. The van der Waals surface area contributed by atoms with E-state index in [1.165, 1.54) is 25.7 Å². The molecular weight excluding hydrogens is 238 g/mol. The minimum atomic E-state index is 0.221. The number of nitrogens with two attached hydrogens (primary N) is 1. The van der Waals surface area contributed by atoms with Crippen LogP contribution < -0.4 is 5.73 Å². The maximum atomic E-state index is 6.16. The summed E-state index contributed by atoms with van der Waals surface area (Å²) in [4.78, 5) is 11.8. The first-order chi connectivity index (χ1) is 9.02. The highest BCUT2D eigenvalue weighted by atomic mass is 15.4. The summed E-state index contributed by atoms with van der Waals surface area (Å²) in [6.45, 7) is 2.96. The Hall–Kier alpha value is -0.810. The predicted molar refractivity (Wildman–Crippen MR) is 78.3 cm³/mol. The fourth-order valence-electron chi connectivity index (χ4n) is 4.19.